The first-order valence-corrected chi connectivity index (χ1v) is 1.99. The standard InChI is InChI=1S/C4H3NO3/c6-4-2-1-3-5(7)8-4/h1-3H. The maximum Gasteiger partial charge on any atom is 0.280 e. The Hall–Kier alpha value is -1.32. The number of hydrogen-bond donors (Lipinski definition) is 0. The zero-order valence-electron chi connectivity index (χ0n) is 3.90. The van der Waals surface area contributed by atoms with Crippen LogP contribution in [0.25, 0.3) is 0 Å². The van der Waals surface area contributed by atoms with E-state index >= 15 is 0 Å². The molecule has 0 unspecified atom stereocenters. The highest BCUT2D eigenvalue weighted by Crippen LogP contribution is 1.63. The summed E-state index contributed by atoms with van der Waals surface area (Å²) in [7, 11) is 0. The second kappa shape index (κ2) is 1.65. The molecular weight excluding hydrogens is 110 g/mol. The number of rotatable bonds is 0. The van der Waals surface area contributed by atoms with Gasteiger partial charge in [-0.3, -0.25) is 10.0 Å². The number of nitrogens with zero attached hydrogens (tertiary/aromatic N) is 1. The Morgan fingerprint density at radius 2 is 2.50 bits per heavy atom. The second-order valence-electron chi connectivity index (χ2n) is 1.20. The zero-order chi connectivity index (χ0) is 5.98. The highest BCUT2D eigenvalue weighted by molar-refractivity contribution is 4.76. The molecule has 42 valence electrons. The Kier molecular flexibility index (Phi) is 0.997. The third-order valence-corrected chi connectivity index (χ3v) is 0.620. The number of hydrogen-bond acceptors (Lipinski definition) is 3. The minimum Gasteiger partial charge on any atom is -0.325 e. The highest BCUT2D eigenvalue weighted by atomic mass is 16.7. The minimum atomic E-state index is -0.637. The van der Waals surface area contributed by atoms with Crippen LogP contribution in [0.2, 0.25) is 0 Å². The lowest BCUT2D eigenvalue weighted by Gasteiger charge is -1.82. The van der Waals surface area contributed by atoms with Gasteiger partial charge in [0, 0.05) is 17.0 Å². The van der Waals surface area contributed by atoms with Crippen LogP contribution >= 0.6 is 0 Å². The van der Waals surface area contributed by atoms with E-state index < -0.39 is 5.63 Å². The summed E-state index contributed by atoms with van der Waals surface area (Å²) < 4.78 is 3.98. The maximum atomic E-state index is 10.1. The van der Waals surface area contributed by atoms with Crippen molar-refractivity contribution < 1.29 is 9.43 Å². The molecule has 0 aliphatic heterocycles. The summed E-state index contributed by atoms with van der Waals surface area (Å²) in [6.07, 6.45) is 1.10. The Morgan fingerprint density at radius 1 is 1.75 bits per heavy atom. The van der Waals surface area contributed by atoms with Crippen molar-refractivity contribution in [3.8, 4) is 0 Å². The molecule has 8 heavy (non-hydrogen) atoms. The Morgan fingerprint density at radius 3 is 2.88 bits per heavy atom. The Balaban J connectivity index is 3.28. The van der Waals surface area contributed by atoms with Gasteiger partial charge in [0.25, 0.3) is 5.63 Å². The molecule has 0 amide bonds. The molecule has 0 aromatic carbocycles. The van der Waals surface area contributed by atoms with E-state index in [9.17, 15) is 10.0 Å². The molecular formula is C4H3NO3. The third kappa shape index (κ3) is 0.841. The van der Waals surface area contributed by atoms with Gasteiger partial charge in [0.2, 0.25) is 6.20 Å². The fourth-order valence-corrected chi connectivity index (χ4v) is 0.341. The van der Waals surface area contributed by atoms with Crippen LogP contribution in [0.3, 0.4) is 0 Å². The predicted molar refractivity (Wildman–Crippen MR) is 23.9 cm³/mol. The van der Waals surface area contributed by atoms with Crippen LogP contribution in [0.1, 0.15) is 0 Å². The number of aromatic nitrogens is 1. The van der Waals surface area contributed by atoms with Crippen LogP contribution in [0.5, 0.6) is 0 Å². The summed E-state index contributed by atoms with van der Waals surface area (Å²) in [4.78, 5) is 10.2. The smallest absolute Gasteiger partial charge is 0.280 e. The van der Waals surface area contributed by atoms with Gasteiger partial charge >= 0.3 is 0 Å². The van der Waals surface area contributed by atoms with Gasteiger partial charge in [0.15, 0.2) is 0 Å². The molecule has 0 fully saturated rings. The fourth-order valence-electron chi connectivity index (χ4n) is 0.341. The molecule has 0 radical (unpaired) electrons. The van der Waals surface area contributed by atoms with Crippen LogP contribution in [0.4, 0.5) is 0 Å². The molecule has 4 nitrogen and oxygen atoms in total. The van der Waals surface area contributed by atoms with E-state index in [0.717, 1.165) is 12.3 Å². The van der Waals surface area contributed by atoms with Gasteiger partial charge in [0.05, 0.1) is 0 Å². The molecule has 0 saturated carbocycles. The second-order valence-corrected chi connectivity index (χ2v) is 1.20. The molecule has 0 bridgehead atoms. The quantitative estimate of drug-likeness (QED) is 0.417. The van der Waals surface area contributed by atoms with Gasteiger partial charge in [-0.2, -0.15) is 0 Å². The largest absolute Gasteiger partial charge is 0.325 e. The molecule has 0 N–H and O–H groups in total. The minimum absolute atomic E-state index is 0.0995. The van der Waals surface area contributed by atoms with E-state index in [-0.39, 0.29) is 4.90 Å². The topological polar surface area (TPSA) is 57.1 Å². The van der Waals surface area contributed by atoms with Crippen LogP contribution in [-0.4, -0.2) is 0 Å². The van der Waals surface area contributed by atoms with Crippen molar-refractivity contribution in [1.82, 2.24) is 0 Å². The molecule has 0 atom stereocenters. The van der Waals surface area contributed by atoms with Gasteiger partial charge in [-0.1, -0.05) is 0 Å². The van der Waals surface area contributed by atoms with Crippen LogP contribution in [-0.2, 0) is 0 Å². The van der Waals surface area contributed by atoms with Gasteiger partial charge < -0.3 is 4.52 Å². The molecule has 1 aromatic heterocycles. The lowest BCUT2D eigenvalue weighted by molar-refractivity contribution is -0.801. The van der Waals surface area contributed by atoms with Gasteiger partial charge in [0.1, 0.15) is 0 Å². The van der Waals surface area contributed by atoms with E-state index in [1.807, 2.05) is 0 Å². The van der Waals surface area contributed by atoms with E-state index in [2.05, 4.69) is 4.52 Å². The lowest BCUT2D eigenvalue weighted by Crippen LogP contribution is -2.28. The molecule has 0 aliphatic carbocycles. The van der Waals surface area contributed by atoms with Crippen LogP contribution in [0.15, 0.2) is 27.6 Å². The summed E-state index contributed by atoms with van der Waals surface area (Å²) in [6.45, 7) is 0. The zero-order valence-corrected chi connectivity index (χ0v) is 3.90. The summed E-state index contributed by atoms with van der Waals surface area (Å²) >= 11 is 0. The molecule has 1 aromatic rings. The Bertz CT molecular complexity index is 229. The van der Waals surface area contributed by atoms with E-state index in [0.29, 0.717) is 0 Å². The van der Waals surface area contributed by atoms with Crippen molar-refractivity contribution in [2.75, 3.05) is 0 Å². The summed E-state index contributed by atoms with van der Waals surface area (Å²) in [5.41, 5.74) is -0.637. The lowest BCUT2D eigenvalue weighted by atomic mass is 10.6. The summed E-state index contributed by atoms with van der Waals surface area (Å²) in [5, 5.41) is 10.0. The maximum absolute atomic E-state index is 10.1. The molecule has 1 heterocycles. The fraction of sp³-hybridized carbons (Fsp3) is 0. The van der Waals surface area contributed by atoms with Gasteiger partial charge in [-0.05, 0) is 0 Å². The Labute approximate surface area is 44.5 Å². The molecule has 1 rings (SSSR count). The van der Waals surface area contributed by atoms with Gasteiger partial charge in [-0.15, -0.1) is 0 Å². The monoisotopic (exact) mass is 113 g/mol. The molecule has 0 spiro atoms. The summed E-state index contributed by atoms with van der Waals surface area (Å²) in [6, 6.07) is 2.48. The first-order chi connectivity index (χ1) is 3.79. The van der Waals surface area contributed by atoms with Crippen molar-refractivity contribution in [1.29, 1.82) is 0 Å². The van der Waals surface area contributed by atoms with E-state index in [1.54, 1.807) is 0 Å². The average Bonchev–Trinajstić information content (AvgIpc) is 1.64. The van der Waals surface area contributed by atoms with Crippen LogP contribution in [0, 0.1) is 5.21 Å². The molecule has 0 aliphatic rings. The van der Waals surface area contributed by atoms with Gasteiger partial charge in [-0.25, -0.2) is 0 Å². The predicted octanol–water partition coefficient (Wildman–Crippen LogP) is -0.727. The van der Waals surface area contributed by atoms with E-state index in [4.69, 9.17) is 0 Å². The van der Waals surface area contributed by atoms with Crippen molar-refractivity contribution >= 4 is 0 Å². The first kappa shape index (κ1) is 4.83. The van der Waals surface area contributed by atoms with Crippen molar-refractivity contribution in [3.05, 3.63) is 34.0 Å². The first-order valence-electron chi connectivity index (χ1n) is 1.99. The molecule has 0 saturated heterocycles. The van der Waals surface area contributed by atoms with Crippen molar-refractivity contribution in [3.63, 3.8) is 0 Å². The van der Waals surface area contributed by atoms with E-state index in [1.165, 1.54) is 6.07 Å². The van der Waals surface area contributed by atoms with Crippen molar-refractivity contribution in [2.24, 2.45) is 0 Å². The SMILES string of the molecule is O=c1ccc[n+]([O-])o1. The molecule has 4 heteroatoms. The normalized spacial score (nSPS) is 9.00. The highest BCUT2D eigenvalue weighted by Gasteiger charge is 1.83. The van der Waals surface area contributed by atoms with Crippen LogP contribution < -0.4 is 10.5 Å². The third-order valence-electron chi connectivity index (χ3n) is 0.620. The average molecular weight is 113 g/mol. The van der Waals surface area contributed by atoms with Crippen molar-refractivity contribution in [2.45, 2.75) is 0 Å². The summed E-state index contributed by atoms with van der Waals surface area (Å²) in [5.74, 6) is 0.